The summed E-state index contributed by atoms with van der Waals surface area (Å²) in [5, 5.41) is 12.1. The van der Waals surface area contributed by atoms with Gasteiger partial charge in [0.1, 0.15) is 5.75 Å². The lowest BCUT2D eigenvalue weighted by Crippen LogP contribution is -2.17. The van der Waals surface area contributed by atoms with Crippen molar-refractivity contribution in [2.24, 2.45) is 5.10 Å². The molecule has 1 aromatic carbocycles. The van der Waals surface area contributed by atoms with E-state index >= 15 is 0 Å². The monoisotopic (exact) mass is 355 g/mol. The van der Waals surface area contributed by atoms with Gasteiger partial charge in [0.25, 0.3) is 0 Å². The molecule has 1 atom stereocenters. The first-order valence-corrected chi connectivity index (χ1v) is 9.47. The highest BCUT2D eigenvalue weighted by Crippen LogP contribution is 2.39. The van der Waals surface area contributed by atoms with Crippen LogP contribution >= 0.6 is 22.7 Å². The van der Waals surface area contributed by atoms with Gasteiger partial charge in [0.2, 0.25) is 5.13 Å². The third-order valence-corrected chi connectivity index (χ3v) is 5.91. The van der Waals surface area contributed by atoms with E-state index in [1.54, 1.807) is 29.8 Å². The van der Waals surface area contributed by atoms with E-state index in [1.807, 2.05) is 25.1 Å². The lowest BCUT2D eigenvalue weighted by atomic mass is 10.0. The number of aromatic nitrogens is 1. The minimum atomic E-state index is 0.205. The van der Waals surface area contributed by atoms with Crippen LogP contribution in [0.4, 0.5) is 5.13 Å². The van der Waals surface area contributed by atoms with E-state index in [2.05, 4.69) is 39.0 Å². The summed E-state index contributed by atoms with van der Waals surface area (Å²) < 4.78 is 5.35. The molecular formula is C18H17N3OS2. The van der Waals surface area contributed by atoms with Crippen molar-refractivity contribution in [3.05, 3.63) is 63.3 Å². The van der Waals surface area contributed by atoms with Gasteiger partial charge in [-0.1, -0.05) is 18.2 Å². The van der Waals surface area contributed by atoms with Crippen LogP contribution in [0.1, 0.15) is 28.6 Å². The highest BCUT2D eigenvalue weighted by molar-refractivity contribution is 7.13. The quantitative estimate of drug-likeness (QED) is 0.669. The van der Waals surface area contributed by atoms with E-state index in [9.17, 15) is 0 Å². The largest absolute Gasteiger partial charge is 0.497 e. The number of ether oxygens (including phenoxy) is 1. The molecule has 6 heteroatoms. The second kappa shape index (κ2) is 6.37. The number of benzene rings is 1. The van der Waals surface area contributed by atoms with Gasteiger partial charge >= 0.3 is 0 Å². The van der Waals surface area contributed by atoms with Gasteiger partial charge in [-0.2, -0.15) is 5.10 Å². The van der Waals surface area contributed by atoms with E-state index in [0.29, 0.717) is 0 Å². The fourth-order valence-corrected chi connectivity index (χ4v) is 4.43. The molecule has 0 N–H and O–H groups in total. The fourth-order valence-electron chi connectivity index (χ4n) is 2.81. The number of aryl methyl sites for hydroxylation is 1. The number of methoxy groups -OCH3 is 1. The number of thiophene rings is 1. The lowest BCUT2D eigenvalue weighted by molar-refractivity contribution is 0.414. The molecule has 0 aliphatic carbocycles. The van der Waals surface area contributed by atoms with Crippen LogP contribution in [0.15, 0.2) is 52.3 Å². The molecule has 0 saturated heterocycles. The summed E-state index contributed by atoms with van der Waals surface area (Å²) in [7, 11) is 1.69. The Hall–Kier alpha value is -2.18. The molecule has 4 rings (SSSR count). The molecule has 122 valence electrons. The summed E-state index contributed by atoms with van der Waals surface area (Å²) in [6.07, 6.45) is 0.867. The number of anilines is 1. The molecule has 1 aliphatic heterocycles. The van der Waals surface area contributed by atoms with Crippen molar-refractivity contribution < 1.29 is 4.74 Å². The van der Waals surface area contributed by atoms with Gasteiger partial charge in [0.05, 0.1) is 24.6 Å². The predicted octanol–water partition coefficient (Wildman–Crippen LogP) is 4.88. The fraction of sp³-hybridized carbons (Fsp3) is 0.222. The zero-order valence-electron chi connectivity index (χ0n) is 13.5. The topological polar surface area (TPSA) is 37.7 Å². The van der Waals surface area contributed by atoms with Crippen LogP contribution in [0.25, 0.3) is 0 Å². The first-order valence-electron chi connectivity index (χ1n) is 7.71. The molecule has 4 nitrogen and oxygen atoms in total. The number of rotatable bonds is 4. The van der Waals surface area contributed by atoms with Crippen LogP contribution in [0.5, 0.6) is 5.75 Å². The van der Waals surface area contributed by atoms with Gasteiger partial charge in [0.15, 0.2) is 0 Å². The molecule has 0 saturated carbocycles. The Kier molecular flexibility index (Phi) is 4.08. The maximum atomic E-state index is 5.35. The van der Waals surface area contributed by atoms with Gasteiger partial charge in [-0.15, -0.1) is 22.7 Å². The van der Waals surface area contributed by atoms with Crippen LogP contribution in [0.3, 0.4) is 0 Å². The zero-order chi connectivity index (χ0) is 16.5. The first-order chi connectivity index (χ1) is 11.7. The number of hydrogen-bond acceptors (Lipinski definition) is 6. The first kappa shape index (κ1) is 15.4. The third-order valence-electron chi connectivity index (χ3n) is 3.99. The standard InChI is InChI=1S/C18H17N3OS2/c1-12-11-24-18(19-12)21-16(17-7-4-8-23-17)10-15(20-21)13-5-3-6-14(9-13)22-2/h3-9,11,16H,10H2,1-2H3. The maximum Gasteiger partial charge on any atom is 0.206 e. The Balaban J connectivity index is 1.73. The zero-order valence-corrected chi connectivity index (χ0v) is 15.1. The van der Waals surface area contributed by atoms with Crippen molar-refractivity contribution >= 4 is 33.5 Å². The van der Waals surface area contributed by atoms with Gasteiger partial charge in [-0.05, 0) is 30.5 Å². The van der Waals surface area contributed by atoms with Gasteiger partial charge < -0.3 is 4.74 Å². The number of hydrogen-bond donors (Lipinski definition) is 0. The molecule has 0 amide bonds. The van der Waals surface area contributed by atoms with E-state index in [0.717, 1.165) is 34.3 Å². The summed E-state index contributed by atoms with van der Waals surface area (Å²) in [5.41, 5.74) is 3.21. The Morgan fingerprint density at radius 3 is 2.83 bits per heavy atom. The number of nitrogens with zero attached hydrogens (tertiary/aromatic N) is 3. The highest BCUT2D eigenvalue weighted by Gasteiger charge is 2.32. The molecule has 2 aromatic heterocycles. The maximum absolute atomic E-state index is 5.35. The minimum absolute atomic E-state index is 0.205. The Bertz CT molecular complexity index is 870. The smallest absolute Gasteiger partial charge is 0.206 e. The molecule has 0 fully saturated rings. The second-order valence-corrected chi connectivity index (χ2v) is 7.45. The average Bonchev–Trinajstić information content (AvgIpc) is 3.34. The summed E-state index contributed by atoms with van der Waals surface area (Å²) >= 11 is 3.41. The molecular weight excluding hydrogens is 338 g/mol. The van der Waals surface area contributed by atoms with Crippen LogP contribution in [0.2, 0.25) is 0 Å². The predicted molar refractivity (Wildman–Crippen MR) is 101 cm³/mol. The van der Waals surface area contributed by atoms with Crippen LogP contribution in [-0.4, -0.2) is 17.8 Å². The van der Waals surface area contributed by atoms with Crippen molar-refractivity contribution in [2.75, 3.05) is 12.1 Å². The normalized spacial score (nSPS) is 17.2. The van der Waals surface area contributed by atoms with Gasteiger partial charge in [-0.3, -0.25) is 0 Å². The molecule has 3 aromatic rings. The van der Waals surface area contributed by atoms with E-state index in [1.165, 1.54) is 4.88 Å². The van der Waals surface area contributed by atoms with Crippen molar-refractivity contribution in [3.8, 4) is 5.75 Å². The molecule has 3 heterocycles. The number of thiazole rings is 1. The summed E-state index contributed by atoms with van der Waals surface area (Å²) in [4.78, 5) is 5.94. The van der Waals surface area contributed by atoms with Crippen molar-refractivity contribution in [3.63, 3.8) is 0 Å². The van der Waals surface area contributed by atoms with Gasteiger partial charge in [-0.25, -0.2) is 9.99 Å². The van der Waals surface area contributed by atoms with Crippen LogP contribution < -0.4 is 9.75 Å². The summed E-state index contributed by atoms with van der Waals surface area (Å²) in [6, 6.07) is 12.6. The molecule has 24 heavy (non-hydrogen) atoms. The lowest BCUT2D eigenvalue weighted by Gasteiger charge is -2.19. The van der Waals surface area contributed by atoms with Crippen LogP contribution in [-0.2, 0) is 0 Å². The van der Waals surface area contributed by atoms with E-state index in [-0.39, 0.29) is 6.04 Å². The van der Waals surface area contributed by atoms with E-state index < -0.39 is 0 Å². The van der Waals surface area contributed by atoms with Crippen LogP contribution in [0, 0.1) is 6.92 Å². The molecule has 1 aliphatic rings. The summed E-state index contributed by atoms with van der Waals surface area (Å²) in [5.74, 6) is 0.853. The second-order valence-electron chi connectivity index (χ2n) is 5.63. The average molecular weight is 355 g/mol. The van der Waals surface area contributed by atoms with Crippen molar-refractivity contribution in [1.29, 1.82) is 0 Å². The Morgan fingerprint density at radius 1 is 1.21 bits per heavy atom. The third kappa shape index (κ3) is 2.83. The molecule has 0 bridgehead atoms. The Labute approximate surface area is 149 Å². The Morgan fingerprint density at radius 2 is 2.12 bits per heavy atom. The molecule has 0 radical (unpaired) electrons. The highest BCUT2D eigenvalue weighted by atomic mass is 32.1. The van der Waals surface area contributed by atoms with Crippen molar-refractivity contribution in [1.82, 2.24) is 4.98 Å². The SMILES string of the molecule is COc1cccc(C2=NN(c3nc(C)cs3)C(c3cccs3)C2)c1. The summed E-state index contributed by atoms with van der Waals surface area (Å²) in [6.45, 7) is 2.02. The number of hydrazone groups is 1. The molecule has 0 spiro atoms. The molecule has 1 unspecified atom stereocenters. The van der Waals surface area contributed by atoms with Crippen molar-refractivity contribution in [2.45, 2.75) is 19.4 Å². The minimum Gasteiger partial charge on any atom is -0.497 e. The van der Waals surface area contributed by atoms with E-state index in [4.69, 9.17) is 9.84 Å². The van der Waals surface area contributed by atoms with Gasteiger partial charge in [0, 0.05) is 22.2 Å².